The molecule has 1 heterocycles. The van der Waals surface area contributed by atoms with Gasteiger partial charge in [-0.15, -0.1) is 0 Å². The van der Waals surface area contributed by atoms with Crippen LogP contribution in [0.15, 0.2) is 15.5 Å². The van der Waals surface area contributed by atoms with Crippen LogP contribution in [0.3, 0.4) is 0 Å². The fourth-order valence-corrected chi connectivity index (χ4v) is 1.09. The summed E-state index contributed by atoms with van der Waals surface area (Å²) in [7, 11) is 0. The van der Waals surface area contributed by atoms with Crippen molar-refractivity contribution in [1.82, 2.24) is 10.2 Å². The average molecular weight is 261 g/mol. The van der Waals surface area contributed by atoms with Crippen LogP contribution in [0.25, 0.3) is 0 Å². The molecule has 7 heteroatoms. The molecule has 0 radical (unpaired) electrons. The van der Waals surface area contributed by atoms with Gasteiger partial charge in [0.05, 0.1) is 11.9 Å². The number of anilines is 1. The van der Waals surface area contributed by atoms with E-state index in [1.165, 1.54) is 6.20 Å². The van der Waals surface area contributed by atoms with Crippen LogP contribution in [0.1, 0.15) is 6.92 Å². The SMILES string of the molecule is CC(Nc1cn[nH]c(=O)c1Br)C(N)=O. The second-order valence-electron chi connectivity index (χ2n) is 2.70. The Morgan fingerprint density at radius 1 is 1.79 bits per heavy atom. The van der Waals surface area contributed by atoms with Gasteiger partial charge in [-0.05, 0) is 22.9 Å². The van der Waals surface area contributed by atoms with Crippen LogP contribution in [0.2, 0.25) is 0 Å². The third kappa shape index (κ3) is 2.32. The number of primary amides is 1. The fraction of sp³-hybridized carbons (Fsp3) is 0.286. The zero-order chi connectivity index (χ0) is 10.7. The van der Waals surface area contributed by atoms with Crippen molar-refractivity contribution in [3.8, 4) is 0 Å². The van der Waals surface area contributed by atoms with Crippen LogP contribution < -0.4 is 16.6 Å². The number of amides is 1. The number of aromatic amines is 1. The van der Waals surface area contributed by atoms with Crippen molar-refractivity contribution < 1.29 is 4.79 Å². The lowest BCUT2D eigenvalue weighted by Crippen LogP contribution is -2.33. The van der Waals surface area contributed by atoms with E-state index in [1.54, 1.807) is 6.92 Å². The van der Waals surface area contributed by atoms with Gasteiger partial charge in [0.1, 0.15) is 10.5 Å². The molecule has 0 aliphatic rings. The van der Waals surface area contributed by atoms with Crippen LogP contribution in [0.5, 0.6) is 0 Å². The molecule has 0 saturated carbocycles. The van der Waals surface area contributed by atoms with Gasteiger partial charge >= 0.3 is 0 Å². The normalized spacial score (nSPS) is 12.1. The molecule has 1 unspecified atom stereocenters. The Labute approximate surface area is 88.0 Å². The van der Waals surface area contributed by atoms with Gasteiger partial charge in [-0.1, -0.05) is 0 Å². The number of carbonyl (C=O) groups is 1. The molecule has 0 saturated heterocycles. The largest absolute Gasteiger partial charge is 0.372 e. The lowest BCUT2D eigenvalue weighted by molar-refractivity contribution is -0.118. The second kappa shape index (κ2) is 4.23. The summed E-state index contributed by atoms with van der Waals surface area (Å²) in [6.07, 6.45) is 1.39. The average Bonchev–Trinajstić information content (AvgIpc) is 2.12. The van der Waals surface area contributed by atoms with E-state index in [4.69, 9.17) is 5.73 Å². The van der Waals surface area contributed by atoms with E-state index in [2.05, 4.69) is 31.4 Å². The third-order valence-electron chi connectivity index (χ3n) is 1.59. The zero-order valence-electron chi connectivity index (χ0n) is 7.37. The van der Waals surface area contributed by atoms with Gasteiger partial charge in [0, 0.05) is 0 Å². The van der Waals surface area contributed by atoms with Gasteiger partial charge in [0.2, 0.25) is 5.91 Å². The maximum Gasteiger partial charge on any atom is 0.280 e. The molecule has 0 aliphatic heterocycles. The second-order valence-corrected chi connectivity index (χ2v) is 3.49. The van der Waals surface area contributed by atoms with Crippen molar-refractivity contribution >= 4 is 27.5 Å². The summed E-state index contributed by atoms with van der Waals surface area (Å²) in [5.41, 5.74) is 5.11. The molecule has 0 aromatic carbocycles. The highest BCUT2D eigenvalue weighted by Crippen LogP contribution is 2.15. The number of nitrogens with one attached hydrogen (secondary N) is 2. The van der Waals surface area contributed by atoms with Crippen molar-refractivity contribution in [3.63, 3.8) is 0 Å². The Bertz CT molecular complexity index is 403. The Kier molecular flexibility index (Phi) is 3.23. The van der Waals surface area contributed by atoms with Gasteiger partial charge in [-0.25, -0.2) is 5.10 Å². The molecule has 0 bridgehead atoms. The first-order valence-electron chi connectivity index (χ1n) is 3.81. The predicted octanol–water partition coefficient (Wildman–Crippen LogP) is -0.182. The molecule has 6 nitrogen and oxygen atoms in total. The smallest absolute Gasteiger partial charge is 0.280 e. The number of aromatic nitrogens is 2. The Morgan fingerprint density at radius 3 is 3.00 bits per heavy atom. The van der Waals surface area contributed by atoms with Crippen LogP contribution >= 0.6 is 15.9 Å². The van der Waals surface area contributed by atoms with Crippen LogP contribution in [-0.2, 0) is 4.79 Å². The Hall–Kier alpha value is -1.37. The van der Waals surface area contributed by atoms with Crippen molar-refractivity contribution in [2.24, 2.45) is 5.73 Å². The van der Waals surface area contributed by atoms with Crippen LogP contribution in [-0.4, -0.2) is 22.1 Å². The molecule has 1 rings (SSSR count). The molecular formula is C7H9BrN4O2. The van der Waals surface area contributed by atoms with Gasteiger partial charge in [0.25, 0.3) is 5.56 Å². The van der Waals surface area contributed by atoms with E-state index >= 15 is 0 Å². The standard InChI is InChI=1S/C7H9BrN4O2/c1-3(6(9)13)11-4-2-10-12-7(14)5(4)8/h2-3H,1H3,(H2,9,13)(H2,11,12,14). The highest BCUT2D eigenvalue weighted by atomic mass is 79.9. The quantitative estimate of drug-likeness (QED) is 0.702. The summed E-state index contributed by atoms with van der Waals surface area (Å²) in [5.74, 6) is -0.503. The van der Waals surface area contributed by atoms with Crippen LogP contribution in [0, 0.1) is 0 Å². The number of nitrogens with two attached hydrogens (primary N) is 1. The van der Waals surface area contributed by atoms with Crippen molar-refractivity contribution in [3.05, 3.63) is 21.0 Å². The van der Waals surface area contributed by atoms with E-state index in [0.29, 0.717) is 10.2 Å². The lowest BCUT2D eigenvalue weighted by atomic mass is 10.3. The topological polar surface area (TPSA) is 101 Å². The maximum atomic E-state index is 11.1. The third-order valence-corrected chi connectivity index (χ3v) is 2.38. The Balaban J connectivity index is 2.92. The molecule has 0 spiro atoms. The summed E-state index contributed by atoms with van der Waals surface area (Å²) >= 11 is 3.06. The van der Waals surface area contributed by atoms with E-state index in [1.807, 2.05) is 0 Å². The van der Waals surface area contributed by atoms with Crippen molar-refractivity contribution in [2.45, 2.75) is 13.0 Å². The Morgan fingerprint density at radius 2 is 2.43 bits per heavy atom. The number of rotatable bonds is 3. The molecular weight excluding hydrogens is 252 g/mol. The summed E-state index contributed by atoms with van der Waals surface area (Å²) in [6, 6.07) is -0.560. The van der Waals surface area contributed by atoms with E-state index in [9.17, 15) is 9.59 Å². The lowest BCUT2D eigenvalue weighted by Gasteiger charge is -2.11. The molecule has 4 N–H and O–H groups in total. The first kappa shape index (κ1) is 10.7. The van der Waals surface area contributed by atoms with Gasteiger partial charge in [0.15, 0.2) is 0 Å². The number of halogens is 1. The number of nitrogens with zero attached hydrogens (tertiary/aromatic N) is 1. The van der Waals surface area contributed by atoms with E-state index in [-0.39, 0.29) is 5.56 Å². The zero-order valence-corrected chi connectivity index (χ0v) is 8.96. The predicted molar refractivity (Wildman–Crippen MR) is 54.8 cm³/mol. The molecule has 1 aromatic rings. The molecule has 76 valence electrons. The molecule has 1 atom stereocenters. The summed E-state index contributed by atoms with van der Waals surface area (Å²) < 4.78 is 0.292. The molecule has 1 amide bonds. The first-order valence-corrected chi connectivity index (χ1v) is 4.60. The molecule has 1 aromatic heterocycles. The molecule has 0 fully saturated rings. The number of H-pyrrole nitrogens is 1. The minimum absolute atomic E-state index is 0.292. The minimum atomic E-state index is -0.560. The number of carbonyl (C=O) groups excluding carboxylic acids is 1. The highest BCUT2D eigenvalue weighted by molar-refractivity contribution is 9.10. The number of hydrogen-bond acceptors (Lipinski definition) is 4. The van der Waals surface area contributed by atoms with E-state index < -0.39 is 11.9 Å². The maximum absolute atomic E-state index is 11.1. The van der Waals surface area contributed by atoms with Crippen LogP contribution in [0.4, 0.5) is 5.69 Å². The molecule has 14 heavy (non-hydrogen) atoms. The van der Waals surface area contributed by atoms with Crippen molar-refractivity contribution in [1.29, 1.82) is 0 Å². The first-order chi connectivity index (χ1) is 6.52. The monoisotopic (exact) mass is 260 g/mol. The van der Waals surface area contributed by atoms with Crippen molar-refractivity contribution in [2.75, 3.05) is 5.32 Å². The van der Waals surface area contributed by atoms with E-state index in [0.717, 1.165) is 0 Å². The molecule has 0 aliphatic carbocycles. The highest BCUT2D eigenvalue weighted by Gasteiger charge is 2.11. The number of hydrogen-bond donors (Lipinski definition) is 3. The van der Waals surface area contributed by atoms with Gasteiger partial charge in [-0.2, -0.15) is 5.10 Å². The van der Waals surface area contributed by atoms with Gasteiger partial charge < -0.3 is 11.1 Å². The minimum Gasteiger partial charge on any atom is -0.372 e. The summed E-state index contributed by atoms with van der Waals surface area (Å²) in [6.45, 7) is 1.59. The summed E-state index contributed by atoms with van der Waals surface area (Å²) in [5, 5.41) is 8.56. The summed E-state index contributed by atoms with van der Waals surface area (Å²) in [4.78, 5) is 21.8. The van der Waals surface area contributed by atoms with Gasteiger partial charge in [-0.3, -0.25) is 9.59 Å². The fourth-order valence-electron chi connectivity index (χ4n) is 0.789.